The van der Waals surface area contributed by atoms with Crippen LogP contribution in [0.5, 0.6) is 0 Å². The molecule has 0 radical (unpaired) electrons. The van der Waals surface area contributed by atoms with Gasteiger partial charge in [0.05, 0.1) is 12.6 Å². The average molecular weight is 289 g/mol. The lowest BCUT2D eigenvalue weighted by Crippen LogP contribution is -2.18. The minimum atomic E-state index is -0.317. The normalized spacial score (nSPS) is 12.5. The molecule has 0 fully saturated rings. The Kier molecular flexibility index (Phi) is 6.37. The van der Waals surface area contributed by atoms with Crippen molar-refractivity contribution in [2.45, 2.75) is 38.6 Å². The molecule has 2 aromatic rings. The summed E-state index contributed by atoms with van der Waals surface area (Å²) in [5.74, 6) is 1.17. The Balaban J connectivity index is 1.75. The summed E-state index contributed by atoms with van der Waals surface area (Å²) < 4.78 is 10.6. The molecule has 0 aliphatic heterocycles. The molecule has 0 saturated carbocycles. The van der Waals surface area contributed by atoms with Gasteiger partial charge in [0.2, 0.25) is 5.89 Å². The van der Waals surface area contributed by atoms with E-state index in [1.54, 1.807) is 0 Å². The molecule has 2 N–H and O–H groups in total. The smallest absolute Gasteiger partial charge is 0.226 e. The van der Waals surface area contributed by atoms with Crippen molar-refractivity contribution in [2.75, 3.05) is 13.2 Å². The number of aryl methyl sites for hydroxylation is 2. The van der Waals surface area contributed by atoms with Crippen molar-refractivity contribution in [3.8, 4) is 0 Å². The monoisotopic (exact) mass is 289 g/mol. The van der Waals surface area contributed by atoms with E-state index in [-0.39, 0.29) is 6.04 Å². The van der Waals surface area contributed by atoms with Crippen molar-refractivity contribution >= 4 is 0 Å². The Morgan fingerprint density at radius 2 is 2.05 bits per heavy atom. The maximum atomic E-state index is 5.96. The molecule has 5 heteroatoms. The van der Waals surface area contributed by atoms with Gasteiger partial charge in [0.15, 0.2) is 5.82 Å². The van der Waals surface area contributed by atoms with Gasteiger partial charge < -0.3 is 15.0 Å². The summed E-state index contributed by atoms with van der Waals surface area (Å²) in [5, 5.41) is 3.93. The first-order valence-electron chi connectivity index (χ1n) is 7.49. The zero-order valence-electron chi connectivity index (χ0n) is 12.5. The maximum absolute atomic E-state index is 5.96. The van der Waals surface area contributed by atoms with Crippen molar-refractivity contribution in [1.29, 1.82) is 0 Å². The largest absolute Gasteiger partial charge is 0.379 e. The van der Waals surface area contributed by atoms with E-state index in [9.17, 15) is 0 Å². The van der Waals surface area contributed by atoms with Gasteiger partial charge in [-0.2, -0.15) is 4.98 Å². The molecule has 0 saturated heterocycles. The Morgan fingerprint density at radius 1 is 1.24 bits per heavy atom. The summed E-state index contributed by atoms with van der Waals surface area (Å²) in [4.78, 5) is 4.34. The molecular weight excluding hydrogens is 266 g/mol. The number of benzene rings is 1. The molecule has 0 spiro atoms. The summed E-state index contributed by atoms with van der Waals surface area (Å²) in [6.07, 6.45) is 3.73. The number of hydrogen-bond acceptors (Lipinski definition) is 5. The molecule has 1 aromatic carbocycles. The molecule has 2 rings (SSSR count). The van der Waals surface area contributed by atoms with Crippen LogP contribution in [-0.4, -0.2) is 23.4 Å². The second-order valence-electron chi connectivity index (χ2n) is 5.07. The first-order chi connectivity index (χ1) is 10.3. The van der Waals surface area contributed by atoms with E-state index in [2.05, 4.69) is 41.3 Å². The molecule has 21 heavy (non-hydrogen) atoms. The number of ether oxygens (including phenoxy) is 1. The minimum absolute atomic E-state index is 0.317. The van der Waals surface area contributed by atoms with E-state index in [0.717, 1.165) is 25.7 Å². The van der Waals surface area contributed by atoms with E-state index < -0.39 is 0 Å². The third-order valence-corrected chi connectivity index (χ3v) is 3.16. The molecule has 114 valence electrons. The molecule has 0 aliphatic carbocycles. The quantitative estimate of drug-likeness (QED) is 0.718. The maximum Gasteiger partial charge on any atom is 0.226 e. The minimum Gasteiger partial charge on any atom is -0.379 e. The first kappa shape index (κ1) is 15.7. The predicted molar refractivity (Wildman–Crippen MR) is 80.8 cm³/mol. The summed E-state index contributed by atoms with van der Waals surface area (Å²) in [6, 6.07) is 10.1. The number of nitrogens with zero attached hydrogens (tertiary/aromatic N) is 2. The standard InChI is InChI=1S/C16H23N3O2/c1-2-11-20-12-14(17)16-18-15(21-19-16)10-6-9-13-7-4-3-5-8-13/h3-5,7-8,14H,2,6,9-12,17H2,1H3. The lowest BCUT2D eigenvalue weighted by molar-refractivity contribution is 0.119. The fraction of sp³-hybridized carbons (Fsp3) is 0.500. The van der Waals surface area contributed by atoms with Crippen LogP contribution in [0.2, 0.25) is 0 Å². The molecule has 0 bridgehead atoms. The number of nitrogens with two attached hydrogens (primary N) is 1. The summed E-state index contributed by atoms with van der Waals surface area (Å²) in [7, 11) is 0. The lowest BCUT2D eigenvalue weighted by Gasteiger charge is -2.06. The van der Waals surface area contributed by atoms with Crippen LogP contribution in [0.4, 0.5) is 0 Å². The van der Waals surface area contributed by atoms with Gasteiger partial charge in [0.25, 0.3) is 0 Å². The predicted octanol–water partition coefficient (Wildman–Crippen LogP) is 2.67. The molecule has 5 nitrogen and oxygen atoms in total. The molecule has 1 heterocycles. The van der Waals surface area contributed by atoms with Gasteiger partial charge in [0.1, 0.15) is 0 Å². The van der Waals surface area contributed by atoms with Gasteiger partial charge >= 0.3 is 0 Å². The van der Waals surface area contributed by atoms with E-state index in [4.69, 9.17) is 15.0 Å². The summed E-state index contributed by atoms with van der Waals surface area (Å²) >= 11 is 0. The lowest BCUT2D eigenvalue weighted by atomic mass is 10.1. The van der Waals surface area contributed by atoms with Crippen molar-refractivity contribution in [1.82, 2.24) is 10.1 Å². The highest BCUT2D eigenvalue weighted by Gasteiger charge is 2.14. The van der Waals surface area contributed by atoms with Crippen molar-refractivity contribution in [3.63, 3.8) is 0 Å². The number of hydrogen-bond donors (Lipinski definition) is 1. The highest BCUT2D eigenvalue weighted by atomic mass is 16.5. The van der Waals surface area contributed by atoms with Gasteiger partial charge in [0, 0.05) is 13.0 Å². The zero-order valence-corrected chi connectivity index (χ0v) is 12.5. The second kappa shape index (κ2) is 8.54. The van der Waals surface area contributed by atoms with E-state index in [1.165, 1.54) is 5.56 Å². The van der Waals surface area contributed by atoms with Crippen LogP contribution >= 0.6 is 0 Å². The Morgan fingerprint density at radius 3 is 2.81 bits per heavy atom. The van der Waals surface area contributed by atoms with Gasteiger partial charge in [-0.25, -0.2) is 0 Å². The summed E-state index contributed by atoms with van der Waals surface area (Å²) in [6.45, 7) is 3.19. The Hall–Kier alpha value is -1.72. The van der Waals surface area contributed by atoms with Crippen LogP contribution in [0.25, 0.3) is 0 Å². The highest BCUT2D eigenvalue weighted by Crippen LogP contribution is 2.10. The van der Waals surface area contributed by atoms with E-state index in [0.29, 0.717) is 24.9 Å². The van der Waals surface area contributed by atoms with Crippen LogP contribution < -0.4 is 5.73 Å². The van der Waals surface area contributed by atoms with Crippen LogP contribution in [0, 0.1) is 0 Å². The fourth-order valence-corrected chi connectivity index (χ4v) is 2.04. The van der Waals surface area contributed by atoms with E-state index >= 15 is 0 Å². The van der Waals surface area contributed by atoms with Crippen LogP contribution in [0.15, 0.2) is 34.9 Å². The Bertz CT molecular complexity index is 513. The molecule has 0 aliphatic rings. The average Bonchev–Trinajstić information content (AvgIpc) is 2.97. The Labute approximate surface area is 125 Å². The molecule has 1 atom stereocenters. The van der Waals surface area contributed by atoms with Gasteiger partial charge in [-0.1, -0.05) is 42.4 Å². The molecular formula is C16H23N3O2. The first-order valence-corrected chi connectivity index (χ1v) is 7.49. The van der Waals surface area contributed by atoms with Gasteiger partial charge in [-0.05, 0) is 24.8 Å². The van der Waals surface area contributed by atoms with Gasteiger partial charge in [-0.15, -0.1) is 0 Å². The van der Waals surface area contributed by atoms with Crippen molar-refractivity contribution in [2.24, 2.45) is 5.73 Å². The van der Waals surface area contributed by atoms with E-state index in [1.807, 2.05) is 6.07 Å². The summed E-state index contributed by atoms with van der Waals surface area (Å²) in [5.41, 5.74) is 7.28. The second-order valence-corrected chi connectivity index (χ2v) is 5.07. The molecule has 0 amide bonds. The third-order valence-electron chi connectivity index (χ3n) is 3.16. The number of rotatable bonds is 9. The zero-order chi connectivity index (χ0) is 14.9. The van der Waals surface area contributed by atoms with Crippen LogP contribution in [0.3, 0.4) is 0 Å². The molecule has 1 unspecified atom stereocenters. The topological polar surface area (TPSA) is 74.2 Å². The number of aromatic nitrogens is 2. The third kappa shape index (κ3) is 5.28. The fourth-order valence-electron chi connectivity index (χ4n) is 2.04. The van der Waals surface area contributed by atoms with Crippen LogP contribution in [0.1, 0.15) is 43.1 Å². The SMILES string of the molecule is CCCOCC(N)c1noc(CCCc2ccccc2)n1. The van der Waals surface area contributed by atoms with Crippen molar-refractivity contribution < 1.29 is 9.26 Å². The van der Waals surface area contributed by atoms with Crippen LogP contribution in [-0.2, 0) is 17.6 Å². The van der Waals surface area contributed by atoms with Crippen molar-refractivity contribution in [3.05, 3.63) is 47.6 Å². The highest BCUT2D eigenvalue weighted by molar-refractivity contribution is 5.14. The molecule has 1 aromatic heterocycles. The van der Waals surface area contributed by atoms with Gasteiger partial charge in [-0.3, -0.25) is 0 Å².